The quantitative estimate of drug-likeness (QED) is 0.659. The van der Waals surface area contributed by atoms with E-state index in [2.05, 4.69) is 5.10 Å². The molecule has 2 rings (SSSR count). The summed E-state index contributed by atoms with van der Waals surface area (Å²) in [6, 6.07) is 0. The molecule has 1 amide bonds. The van der Waals surface area contributed by atoms with Crippen molar-refractivity contribution in [3.63, 3.8) is 0 Å². The van der Waals surface area contributed by atoms with Gasteiger partial charge in [0.1, 0.15) is 12.2 Å². The molecule has 1 atom stereocenters. The van der Waals surface area contributed by atoms with Crippen molar-refractivity contribution in [2.75, 3.05) is 0 Å². The number of terminal acetylenes is 1. The number of halogens is 5. The number of alkyl halides is 5. The van der Waals surface area contributed by atoms with E-state index < -0.39 is 53.8 Å². The molecule has 0 radical (unpaired) electrons. The van der Waals surface area contributed by atoms with Gasteiger partial charge in [0.15, 0.2) is 5.69 Å². The topological polar surface area (TPSA) is 60.9 Å². The van der Waals surface area contributed by atoms with Crippen LogP contribution < -0.4 is 5.73 Å². The predicted octanol–water partition coefficient (Wildman–Crippen LogP) is 1.28. The number of aromatic nitrogens is 2. The summed E-state index contributed by atoms with van der Waals surface area (Å²) in [5.74, 6) is -4.69. The molecule has 0 bridgehead atoms. The van der Waals surface area contributed by atoms with Gasteiger partial charge in [0.25, 0.3) is 0 Å². The number of hydrogen-bond acceptors (Lipinski definition) is 2. The lowest BCUT2D eigenvalue weighted by Crippen LogP contribution is -2.28. The molecule has 1 aliphatic carbocycles. The van der Waals surface area contributed by atoms with Crippen LogP contribution in [0, 0.1) is 18.3 Å². The van der Waals surface area contributed by atoms with E-state index in [0.717, 1.165) is 0 Å². The van der Waals surface area contributed by atoms with Crippen LogP contribution in [-0.4, -0.2) is 15.7 Å². The summed E-state index contributed by atoms with van der Waals surface area (Å²) in [4.78, 5) is 10.8. The van der Waals surface area contributed by atoms with Crippen molar-refractivity contribution < 1.29 is 26.7 Å². The molecule has 0 saturated heterocycles. The van der Waals surface area contributed by atoms with Crippen LogP contribution in [0.2, 0.25) is 0 Å². The molecule has 20 heavy (non-hydrogen) atoms. The van der Waals surface area contributed by atoms with Crippen molar-refractivity contribution in [1.82, 2.24) is 9.78 Å². The zero-order valence-corrected chi connectivity index (χ0v) is 9.84. The third kappa shape index (κ3) is 2.01. The Labute approximate surface area is 109 Å². The summed E-state index contributed by atoms with van der Waals surface area (Å²) in [6.07, 6.45) is -0.631. The van der Waals surface area contributed by atoms with Gasteiger partial charge in [0.2, 0.25) is 5.91 Å². The molecule has 0 spiro atoms. The molecule has 0 aromatic carbocycles. The van der Waals surface area contributed by atoms with Crippen molar-refractivity contribution in [2.45, 2.75) is 25.1 Å². The Kier molecular flexibility index (Phi) is 3.00. The van der Waals surface area contributed by atoms with Gasteiger partial charge in [-0.2, -0.15) is 27.1 Å². The van der Waals surface area contributed by atoms with Crippen molar-refractivity contribution in [3.05, 3.63) is 17.0 Å². The molecule has 9 heteroatoms. The van der Waals surface area contributed by atoms with E-state index in [0.29, 0.717) is 0 Å². The van der Waals surface area contributed by atoms with Gasteiger partial charge < -0.3 is 5.73 Å². The van der Waals surface area contributed by atoms with E-state index in [9.17, 15) is 26.7 Å². The Bertz CT molecular complexity index is 611. The molecule has 1 heterocycles. The first-order chi connectivity index (χ1) is 9.09. The van der Waals surface area contributed by atoms with Crippen molar-refractivity contribution in [3.8, 4) is 12.3 Å². The van der Waals surface area contributed by atoms with Gasteiger partial charge in [0, 0.05) is 5.56 Å². The number of carbonyl (C=O) groups excluding carboxylic acids is 1. The van der Waals surface area contributed by atoms with Crippen molar-refractivity contribution >= 4 is 5.91 Å². The number of fused-ring (bicyclic) bond motifs is 1. The first kappa shape index (κ1) is 14.3. The molecular weight excluding hydrogens is 285 g/mol. The average Bonchev–Trinajstić information content (AvgIpc) is 2.74. The number of amides is 1. The van der Waals surface area contributed by atoms with E-state index in [4.69, 9.17) is 12.2 Å². The standard InChI is InChI=1S/C11H8F5N3O/c1-2-5-3-6-8(11(14,15)16)18-19(4-7(17)20)9(6)10(5,12)13/h1,5H,3-4H2,(H2,17,20)/t5-/m1/s1. The van der Waals surface area contributed by atoms with Crippen LogP contribution in [0.1, 0.15) is 17.0 Å². The normalized spacial score (nSPS) is 20.5. The minimum absolute atomic E-state index is 0.290. The summed E-state index contributed by atoms with van der Waals surface area (Å²) in [5, 5.41) is 3.05. The number of hydrogen-bond donors (Lipinski definition) is 1. The van der Waals surface area contributed by atoms with Gasteiger partial charge in [-0.1, -0.05) is 5.92 Å². The summed E-state index contributed by atoms with van der Waals surface area (Å²) >= 11 is 0. The third-order valence-corrected chi connectivity index (χ3v) is 2.99. The van der Waals surface area contributed by atoms with Crippen molar-refractivity contribution in [2.24, 2.45) is 11.7 Å². The molecule has 1 aromatic heterocycles. The number of rotatable bonds is 2. The maximum Gasteiger partial charge on any atom is 0.435 e. The highest BCUT2D eigenvalue weighted by molar-refractivity contribution is 5.73. The third-order valence-electron chi connectivity index (χ3n) is 2.99. The van der Waals surface area contributed by atoms with Crippen molar-refractivity contribution in [1.29, 1.82) is 0 Å². The summed E-state index contributed by atoms with van der Waals surface area (Å²) in [7, 11) is 0. The Balaban J connectivity index is 2.66. The minimum atomic E-state index is -4.91. The second-order valence-corrected chi connectivity index (χ2v) is 4.34. The zero-order chi connectivity index (χ0) is 15.3. The van der Waals surface area contributed by atoms with Crippen LogP contribution in [0.3, 0.4) is 0 Å². The first-order valence-corrected chi connectivity index (χ1v) is 5.38. The second-order valence-electron chi connectivity index (χ2n) is 4.34. The van der Waals surface area contributed by atoms with E-state index in [1.807, 2.05) is 0 Å². The maximum atomic E-state index is 14.0. The molecule has 0 aliphatic heterocycles. The Morgan fingerprint density at radius 3 is 2.60 bits per heavy atom. The molecule has 0 unspecified atom stereocenters. The average molecular weight is 293 g/mol. The second kappa shape index (κ2) is 4.19. The van der Waals surface area contributed by atoms with Gasteiger partial charge in [-0.3, -0.25) is 9.48 Å². The first-order valence-electron chi connectivity index (χ1n) is 5.38. The summed E-state index contributed by atoms with van der Waals surface area (Å²) in [5.41, 5.74) is 1.72. The van der Waals surface area contributed by atoms with Crippen LogP contribution in [0.15, 0.2) is 0 Å². The molecule has 0 saturated carbocycles. The highest BCUT2D eigenvalue weighted by Gasteiger charge is 2.55. The Morgan fingerprint density at radius 2 is 2.15 bits per heavy atom. The summed E-state index contributed by atoms with van der Waals surface area (Å²) in [6.45, 7) is -0.870. The smallest absolute Gasteiger partial charge is 0.368 e. The number of nitrogens with zero attached hydrogens (tertiary/aromatic N) is 2. The predicted molar refractivity (Wildman–Crippen MR) is 56.3 cm³/mol. The van der Waals surface area contributed by atoms with Gasteiger partial charge in [-0.05, 0) is 6.42 Å². The maximum absolute atomic E-state index is 14.0. The molecule has 1 aromatic rings. The van der Waals surface area contributed by atoms with E-state index in [1.165, 1.54) is 0 Å². The fraction of sp³-hybridized carbons (Fsp3) is 0.455. The van der Waals surface area contributed by atoms with Gasteiger partial charge in [-0.15, -0.1) is 6.42 Å². The number of primary amides is 1. The number of nitrogens with two attached hydrogens (primary N) is 1. The monoisotopic (exact) mass is 293 g/mol. The summed E-state index contributed by atoms with van der Waals surface area (Å²) < 4.78 is 66.6. The number of carbonyl (C=O) groups is 1. The van der Waals surface area contributed by atoms with E-state index in [-0.39, 0.29) is 4.68 Å². The van der Waals surface area contributed by atoms with E-state index in [1.54, 1.807) is 5.92 Å². The molecule has 108 valence electrons. The highest BCUT2D eigenvalue weighted by Crippen LogP contribution is 2.49. The van der Waals surface area contributed by atoms with Gasteiger partial charge in [0.05, 0.1) is 5.92 Å². The molecule has 1 aliphatic rings. The lowest BCUT2D eigenvalue weighted by molar-refractivity contribution is -0.142. The van der Waals surface area contributed by atoms with E-state index >= 15 is 0 Å². The Morgan fingerprint density at radius 1 is 1.55 bits per heavy atom. The SMILES string of the molecule is C#C[C@@H]1Cc2c(C(F)(F)F)nn(CC(N)=O)c2C1(F)F. The largest absolute Gasteiger partial charge is 0.435 e. The lowest BCUT2D eigenvalue weighted by atomic mass is 10.0. The lowest BCUT2D eigenvalue weighted by Gasteiger charge is -2.16. The van der Waals surface area contributed by atoms with Crippen LogP contribution in [0.5, 0.6) is 0 Å². The van der Waals surface area contributed by atoms with Crippen LogP contribution in [-0.2, 0) is 29.9 Å². The molecule has 0 fully saturated rings. The fourth-order valence-electron chi connectivity index (χ4n) is 2.22. The minimum Gasteiger partial charge on any atom is -0.368 e. The zero-order valence-electron chi connectivity index (χ0n) is 9.84. The van der Waals surface area contributed by atoms with Gasteiger partial charge in [-0.25, -0.2) is 0 Å². The molecule has 2 N–H and O–H groups in total. The fourth-order valence-corrected chi connectivity index (χ4v) is 2.22. The van der Waals surface area contributed by atoms with Gasteiger partial charge >= 0.3 is 12.1 Å². The van der Waals surface area contributed by atoms with Crippen LogP contribution in [0.4, 0.5) is 22.0 Å². The molecule has 4 nitrogen and oxygen atoms in total. The molecular formula is C11H8F5N3O. The highest BCUT2D eigenvalue weighted by atomic mass is 19.4. The van der Waals surface area contributed by atoms with Crippen LogP contribution >= 0.6 is 0 Å². The Hall–Kier alpha value is -2.11. The van der Waals surface area contributed by atoms with Crippen LogP contribution in [0.25, 0.3) is 0 Å².